The van der Waals surface area contributed by atoms with Gasteiger partial charge in [0.1, 0.15) is 17.2 Å². The van der Waals surface area contributed by atoms with Gasteiger partial charge in [-0.15, -0.1) is 0 Å². The molecule has 1 unspecified atom stereocenters. The van der Waals surface area contributed by atoms with Gasteiger partial charge in [0, 0.05) is 34.4 Å². The first-order valence-corrected chi connectivity index (χ1v) is 10.6. The summed E-state index contributed by atoms with van der Waals surface area (Å²) in [5, 5.41) is 24.1. The summed E-state index contributed by atoms with van der Waals surface area (Å²) in [4.78, 5) is 29.2. The molecule has 0 radical (unpaired) electrons. The zero-order valence-corrected chi connectivity index (χ0v) is 19.3. The van der Waals surface area contributed by atoms with Gasteiger partial charge in [-0.3, -0.25) is 14.6 Å². The number of carbonyl (C=O) groups is 2. The number of halogens is 2. The van der Waals surface area contributed by atoms with E-state index in [1.165, 1.54) is 12.3 Å². The molecule has 0 fully saturated rings. The van der Waals surface area contributed by atoms with Crippen molar-refractivity contribution >= 4 is 17.6 Å². The van der Waals surface area contributed by atoms with Crippen LogP contribution in [0.15, 0.2) is 54.7 Å². The van der Waals surface area contributed by atoms with Crippen LogP contribution in [-0.4, -0.2) is 27.1 Å². The molecule has 0 aliphatic rings. The van der Waals surface area contributed by atoms with Crippen LogP contribution >= 0.6 is 0 Å². The second-order valence-corrected chi connectivity index (χ2v) is 9.16. The predicted molar refractivity (Wildman–Crippen MR) is 124 cm³/mol. The Morgan fingerprint density at radius 2 is 1.71 bits per heavy atom. The minimum absolute atomic E-state index is 0.0456. The molecule has 3 N–H and O–H groups in total. The molecule has 1 aromatic heterocycles. The van der Waals surface area contributed by atoms with Gasteiger partial charge in [-0.2, -0.15) is 0 Å². The normalized spacial score (nSPS) is 13.3. The fourth-order valence-corrected chi connectivity index (χ4v) is 3.66. The van der Waals surface area contributed by atoms with Crippen LogP contribution in [0.25, 0.3) is 11.3 Å². The Morgan fingerprint density at radius 1 is 1.03 bits per heavy atom. The molecule has 0 saturated carbocycles. The molecule has 3 rings (SSSR count). The second-order valence-electron chi connectivity index (χ2n) is 9.16. The van der Waals surface area contributed by atoms with Gasteiger partial charge < -0.3 is 15.5 Å². The largest absolute Gasteiger partial charge is 0.481 e. The standard InChI is InChI=1S/C26H26F2N2O4/c1-15-7-5-6-8-17(15)22-23(30-24(33)25(2,3)4)19(11-12-29-22)26(34,14-21(31)32)18-10-9-16(27)13-20(18)28/h5-13,34H,14H2,1-4H3,(H,30,33)(H,31,32). The Labute approximate surface area is 196 Å². The fourth-order valence-electron chi connectivity index (χ4n) is 3.66. The van der Waals surface area contributed by atoms with E-state index in [0.29, 0.717) is 11.6 Å². The molecule has 1 atom stereocenters. The maximum Gasteiger partial charge on any atom is 0.307 e. The first kappa shape index (κ1) is 25.0. The molecule has 1 amide bonds. The molecule has 1 heterocycles. The quantitative estimate of drug-likeness (QED) is 0.471. The lowest BCUT2D eigenvalue weighted by Gasteiger charge is -2.32. The van der Waals surface area contributed by atoms with Crippen LogP contribution in [0.3, 0.4) is 0 Å². The maximum absolute atomic E-state index is 14.9. The van der Waals surface area contributed by atoms with Gasteiger partial charge in [-0.05, 0) is 30.7 Å². The lowest BCUT2D eigenvalue weighted by atomic mass is 9.81. The van der Waals surface area contributed by atoms with Crippen molar-refractivity contribution < 1.29 is 28.6 Å². The predicted octanol–water partition coefficient (Wildman–Crippen LogP) is 5.03. The van der Waals surface area contributed by atoms with Crippen molar-refractivity contribution in [1.82, 2.24) is 4.98 Å². The van der Waals surface area contributed by atoms with Gasteiger partial charge in [0.05, 0.1) is 17.8 Å². The van der Waals surface area contributed by atoms with E-state index < -0.39 is 46.5 Å². The molecular formula is C26H26F2N2O4. The number of aryl methyl sites for hydroxylation is 1. The Bertz CT molecular complexity index is 1250. The zero-order chi connectivity index (χ0) is 25.3. The van der Waals surface area contributed by atoms with Gasteiger partial charge in [0.2, 0.25) is 5.91 Å². The van der Waals surface area contributed by atoms with Gasteiger partial charge in [-0.1, -0.05) is 45.0 Å². The number of aliphatic carboxylic acids is 1. The van der Waals surface area contributed by atoms with Crippen molar-refractivity contribution in [3.05, 3.63) is 83.1 Å². The molecule has 0 saturated heterocycles. The van der Waals surface area contributed by atoms with Gasteiger partial charge in [0.15, 0.2) is 0 Å². The van der Waals surface area contributed by atoms with Crippen molar-refractivity contribution in [2.45, 2.75) is 39.7 Å². The number of amides is 1. The average molecular weight is 469 g/mol. The number of benzene rings is 2. The summed E-state index contributed by atoms with van der Waals surface area (Å²) >= 11 is 0. The van der Waals surface area contributed by atoms with E-state index in [-0.39, 0.29) is 16.9 Å². The SMILES string of the molecule is Cc1ccccc1-c1nccc(C(O)(CC(=O)O)c2ccc(F)cc2F)c1NC(=O)C(C)(C)C. The number of pyridine rings is 1. The Balaban J connectivity index is 2.38. The molecular weight excluding hydrogens is 442 g/mol. The van der Waals surface area contributed by atoms with Crippen LogP contribution in [0, 0.1) is 24.0 Å². The Hall–Kier alpha value is -3.65. The van der Waals surface area contributed by atoms with Crippen LogP contribution in [0.4, 0.5) is 14.5 Å². The molecule has 0 aliphatic heterocycles. The summed E-state index contributed by atoms with van der Waals surface area (Å²) in [7, 11) is 0. The third-order valence-corrected chi connectivity index (χ3v) is 5.50. The third kappa shape index (κ3) is 4.97. The van der Waals surface area contributed by atoms with E-state index in [4.69, 9.17) is 0 Å². The summed E-state index contributed by atoms with van der Waals surface area (Å²) in [5.74, 6) is -3.84. The lowest BCUT2D eigenvalue weighted by Crippen LogP contribution is -2.35. The summed E-state index contributed by atoms with van der Waals surface area (Å²) in [5.41, 5.74) is -2.04. The highest BCUT2D eigenvalue weighted by Crippen LogP contribution is 2.43. The van der Waals surface area contributed by atoms with Crippen molar-refractivity contribution in [3.8, 4) is 11.3 Å². The molecule has 3 aromatic rings. The molecule has 0 bridgehead atoms. The van der Waals surface area contributed by atoms with E-state index in [0.717, 1.165) is 17.7 Å². The molecule has 178 valence electrons. The van der Waals surface area contributed by atoms with Crippen LogP contribution in [0.1, 0.15) is 43.9 Å². The van der Waals surface area contributed by atoms with E-state index in [1.54, 1.807) is 32.9 Å². The zero-order valence-electron chi connectivity index (χ0n) is 19.3. The van der Waals surface area contributed by atoms with Crippen molar-refractivity contribution in [2.24, 2.45) is 5.41 Å². The lowest BCUT2D eigenvalue weighted by molar-refractivity contribution is -0.141. The highest BCUT2D eigenvalue weighted by atomic mass is 19.1. The molecule has 2 aromatic carbocycles. The average Bonchev–Trinajstić information content (AvgIpc) is 2.73. The highest BCUT2D eigenvalue weighted by Gasteiger charge is 2.40. The summed E-state index contributed by atoms with van der Waals surface area (Å²) in [6.07, 6.45) is 0.406. The van der Waals surface area contributed by atoms with E-state index in [9.17, 15) is 28.6 Å². The van der Waals surface area contributed by atoms with Crippen LogP contribution in [0.5, 0.6) is 0 Å². The number of rotatable bonds is 6. The van der Waals surface area contributed by atoms with E-state index in [1.807, 2.05) is 19.1 Å². The Kier molecular flexibility index (Phi) is 6.84. The van der Waals surface area contributed by atoms with Gasteiger partial charge in [0.25, 0.3) is 0 Å². The van der Waals surface area contributed by atoms with E-state index in [2.05, 4.69) is 10.3 Å². The van der Waals surface area contributed by atoms with Crippen LogP contribution in [-0.2, 0) is 15.2 Å². The topological polar surface area (TPSA) is 99.5 Å². The summed E-state index contributed by atoms with van der Waals surface area (Å²) in [6.45, 7) is 6.90. The summed E-state index contributed by atoms with van der Waals surface area (Å²) < 4.78 is 28.5. The van der Waals surface area contributed by atoms with Crippen LogP contribution < -0.4 is 5.32 Å². The third-order valence-electron chi connectivity index (χ3n) is 5.50. The van der Waals surface area contributed by atoms with Crippen molar-refractivity contribution in [3.63, 3.8) is 0 Å². The van der Waals surface area contributed by atoms with Crippen LogP contribution in [0.2, 0.25) is 0 Å². The number of nitrogens with one attached hydrogen (secondary N) is 1. The number of hydrogen-bond acceptors (Lipinski definition) is 4. The number of hydrogen-bond donors (Lipinski definition) is 3. The number of carboxylic acid groups (broad SMARTS) is 1. The molecule has 34 heavy (non-hydrogen) atoms. The van der Waals surface area contributed by atoms with E-state index >= 15 is 0 Å². The molecule has 0 aliphatic carbocycles. The minimum Gasteiger partial charge on any atom is -0.481 e. The first-order valence-electron chi connectivity index (χ1n) is 10.6. The number of anilines is 1. The number of aliphatic hydroxyl groups is 1. The number of aromatic nitrogens is 1. The van der Waals surface area contributed by atoms with Gasteiger partial charge >= 0.3 is 5.97 Å². The smallest absolute Gasteiger partial charge is 0.307 e. The number of nitrogens with zero attached hydrogens (tertiary/aromatic N) is 1. The minimum atomic E-state index is -2.44. The molecule has 8 heteroatoms. The fraction of sp³-hybridized carbons (Fsp3) is 0.269. The second kappa shape index (κ2) is 9.30. The summed E-state index contributed by atoms with van der Waals surface area (Å²) in [6, 6.07) is 11.0. The maximum atomic E-state index is 14.9. The first-order chi connectivity index (χ1) is 15.8. The Morgan fingerprint density at radius 3 is 2.29 bits per heavy atom. The monoisotopic (exact) mass is 468 g/mol. The van der Waals surface area contributed by atoms with Gasteiger partial charge in [-0.25, -0.2) is 8.78 Å². The number of carbonyl (C=O) groups excluding carboxylic acids is 1. The molecule has 6 nitrogen and oxygen atoms in total. The number of carboxylic acids is 1. The molecule has 0 spiro atoms. The van der Waals surface area contributed by atoms with Crippen molar-refractivity contribution in [2.75, 3.05) is 5.32 Å². The van der Waals surface area contributed by atoms with Crippen molar-refractivity contribution in [1.29, 1.82) is 0 Å². The highest BCUT2D eigenvalue weighted by molar-refractivity contribution is 5.99.